The second-order valence-corrected chi connectivity index (χ2v) is 9.53. The van der Waals surface area contributed by atoms with Crippen molar-refractivity contribution in [3.8, 4) is 0 Å². The smallest absolute Gasteiger partial charge is 0.255 e. The second-order valence-electron chi connectivity index (χ2n) is 7.62. The van der Waals surface area contributed by atoms with Gasteiger partial charge in [0.1, 0.15) is 10.7 Å². The third kappa shape index (κ3) is 5.16. The highest BCUT2D eigenvalue weighted by Gasteiger charge is 2.29. The standard InChI is InChI=1S/C23H28FN3O4S/c1-3-26(4-2)23(29)17-8-11-19(12-9-17)25-22(28)18-10-13-20(24)21(16-18)32(30,31)27-14-6-5-7-15-27/h8-13,16H,3-7,14-15H2,1-2H3,(H,25,28). The molecule has 1 fully saturated rings. The molecule has 172 valence electrons. The molecule has 1 N–H and O–H groups in total. The molecule has 2 aromatic carbocycles. The fourth-order valence-electron chi connectivity index (χ4n) is 3.68. The molecule has 1 saturated heterocycles. The van der Waals surface area contributed by atoms with Crippen LogP contribution in [0.1, 0.15) is 53.8 Å². The summed E-state index contributed by atoms with van der Waals surface area (Å²) in [6.07, 6.45) is 2.40. The third-order valence-corrected chi connectivity index (χ3v) is 7.48. The van der Waals surface area contributed by atoms with Crippen molar-refractivity contribution in [2.45, 2.75) is 38.0 Å². The number of hydrogen-bond acceptors (Lipinski definition) is 4. The van der Waals surface area contributed by atoms with Crippen molar-refractivity contribution in [1.82, 2.24) is 9.21 Å². The van der Waals surface area contributed by atoms with Gasteiger partial charge in [-0.15, -0.1) is 0 Å². The van der Waals surface area contributed by atoms with E-state index in [9.17, 15) is 22.4 Å². The van der Waals surface area contributed by atoms with E-state index in [-0.39, 0.29) is 11.5 Å². The lowest BCUT2D eigenvalue weighted by Gasteiger charge is -2.26. The van der Waals surface area contributed by atoms with Crippen molar-refractivity contribution >= 4 is 27.5 Å². The molecule has 0 unspecified atom stereocenters. The van der Waals surface area contributed by atoms with E-state index in [1.54, 1.807) is 29.2 Å². The first-order valence-electron chi connectivity index (χ1n) is 10.8. The Bertz CT molecular complexity index is 1080. The number of hydrogen-bond donors (Lipinski definition) is 1. The van der Waals surface area contributed by atoms with E-state index < -0.39 is 26.6 Å². The Balaban J connectivity index is 1.77. The number of nitrogens with one attached hydrogen (secondary N) is 1. The minimum absolute atomic E-state index is 0.0327. The molecule has 0 spiro atoms. The van der Waals surface area contributed by atoms with Gasteiger partial charge in [0.2, 0.25) is 10.0 Å². The molecule has 2 aromatic rings. The van der Waals surface area contributed by atoms with Crippen LogP contribution in [0.3, 0.4) is 0 Å². The van der Waals surface area contributed by atoms with Crippen LogP contribution in [-0.4, -0.2) is 55.6 Å². The molecular weight excluding hydrogens is 433 g/mol. The average molecular weight is 462 g/mol. The first-order valence-corrected chi connectivity index (χ1v) is 12.2. The number of carbonyl (C=O) groups excluding carboxylic acids is 2. The molecule has 1 aliphatic heterocycles. The number of halogens is 1. The van der Waals surface area contributed by atoms with Crippen LogP contribution >= 0.6 is 0 Å². The van der Waals surface area contributed by atoms with Gasteiger partial charge in [0.05, 0.1) is 0 Å². The topological polar surface area (TPSA) is 86.8 Å². The predicted octanol–water partition coefficient (Wildman–Crippen LogP) is 3.73. The van der Waals surface area contributed by atoms with E-state index in [0.717, 1.165) is 31.4 Å². The first-order chi connectivity index (χ1) is 15.3. The molecule has 0 radical (unpaired) electrons. The molecule has 0 aliphatic carbocycles. The van der Waals surface area contributed by atoms with Gasteiger partial charge in [-0.25, -0.2) is 12.8 Å². The number of nitrogens with zero attached hydrogens (tertiary/aromatic N) is 2. The Labute approximate surface area is 188 Å². The predicted molar refractivity (Wildman–Crippen MR) is 121 cm³/mol. The molecule has 32 heavy (non-hydrogen) atoms. The molecule has 0 atom stereocenters. The van der Waals surface area contributed by atoms with Crippen LogP contribution in [0.2, 0.25) is 0 Å². The number of benzene rings is 2. The average Bonchev–Trinajstić information content (AvgIpc) is 2.81. The van der Waals surface area contributed by atoms with Crippen molar-refractivity contribution in [1.29, 1.82) is 0 Å². The maximum absolute atomic E-state index is 14.4. The van der Waals surface area contributed by atoms with Crippen LogP contribution < -0.4 is 5.32 Å². The van der Waals surface area contributed by atoms with Crippen LogP contribution in [0, 0.1) is 5.82 Å². The number of piperidine rings is 1. The van der Waals surface area contributed by atoms with E-state index in [0.29, 0.717) is 37.4 Å². The summed E-state index contributed by atoms with van der Waals surface area (Å²) in [5.41, 5.74) is 0.976. The van der Waals surface area contributed by atoms with Crippen molar-refractivity contribution in [2.24, 2.45) is 0 Å². The van der Waals surface area contributed by atoms with E-state index >= 15 is 0 Å². The van der Waals surface area contributed by atoms with Gasteiger partial charge in [0.15, 0.2) is 0 Å². The second kappa shape index (κ2) is 10.2. The van der Waals surface area contributed by atoms with Crippen molar-refractivity contribution < 1.29 is 22.4 Å². The van der Waals surface area contributed by atoms with E-state index in [4.69, 9.17) is 0 Å². The van der Waals surface area contributed by atoms with E-state index in [2.05, 4.69) is 5.32 Å². The number of sulfonamides is 1. The van der Waals surface area contributed by atoms with Gasteiger partial charge in [-0.2, -0.15) is 4.31 Å². The zero-order chi connectivity index (χ0) is 23.3. The Morgan fingerprint density at radius 2 is 1.56 bits per heavy atom. The van der Waals surface area contributed by atoms with Crippen molar-refractivity contribution in [3.05, 3.63) is 59.4 Å². The number of anilines is 1. The lowest BCUT2D eigenvalue weighted by molar-refractivity contribution is 0.0773. The van der Waals surface area contributed by atoms with Gasteiger partial charge in [0.25, 0.3) is 11.8 Å². The monoisotopic (exact) mass is 461 g/mol. The fraction of sp³-hybridized carbons (Fsp3) is 0.391. The minimum atomic E-state index is -4.01. The van der Waals surface area contributed by atoms with Crippen molar-refractivity contribution in [3.63, 3.8) is 0 Å². The van der Waals surface area contributed by atoms with Crippen LogP contribution in [0.15, 0.2) is 47.4 Å². The summed E-state index contributed by atoms with van der Waals surface area (Å²) in [6.45, 7) is 5.69. The fourth-order valence-corrected chi connectivity index (χ4v) is 5.29. The normalized spacial score (nSPS) is 14.7. The Morgan fingerprint density at radius 1 is 0.969 bits per heavy atom. The largest absolute Gasteiger partial charge is 0.339 e. The van der Waals surface area contributed by atoms with Crippen LogP contribution in [-0.2, 0) is 10.0 Å². The van der Waals surface area contributed by atoms with E-state index in [1.807, 2.05) is 13.8 Å². The lowest BCUT2D eigenvalue weighted by Crippen LogP contribution is -2.36. The highest BCUT2D eigenvalue weighted by Crippen LogP contribution is 2.24. The summed E-state index contributed by atoms with van der Waals surface area (Å²) in [4.78, 5) is 26.3. The van der Waals surface area contributed by atoms with Crippen LogP contribution in [0.4, 0.5) is 10.1 Å². The molecule has 0 saturated carbocycles. The van der Waals surface area contributed by atoms with Crippen LogP contribution in [0.25, 0.3) is 0 Å². The zero-order valence-electron chi connectivity index (χ0n) is 18.3. The Hall–Kier alpha value is -2.78. The molecule has 3 rings (SSSR count). The van der Waals surface area contributed by atoms with E-state index in [1.165, 1.54) is 10.4 Å². The summed E-state index contributed by atoms with van der Waals surface area (Å²) in [6, 6.07) is 9.76. The molecule has 1 heterocycles. The van der Waals surface area contributed by atoms with Gasteiger partial charge >= 0.3 is 0 Å². The molecule has 2 amide bonds. The summed E-state index contributed by atoms with van der Waals surface area (Å²) < 4.78 is 41.4. The summed E-state index contributed by atoms with van der Waals surface area (Å²) in [7, 11) is -4.01. The molecular formula is C23H28FN3O4S. The van der Waals surface area contributed by atoms with Gasteiger partial charge in [0, 0.05) is 43.0 Å². The van der Waals surface area contributed by atoms with Crippen LogP contribution in [0.5, 0.6) is 0 Å². The lowest BCUT2D eigenvalue weighted by atomic mass is 10.1. The molecule has 7 nitrogen and oxygen atoms in total. The molecule has 1 aliphatic rings. The minimum Gasteiger partial charge on any atom is -0.339 e. The summed E-state index contributed by atoms with van der Waals surface area (Å²) >= 11 is 0. The summed E-state index contributed by atoms with van der Waals surface area (Å²) in [5.74, 6) is -1.55. The zero-order valence-corrected chi connectivity index (χ0v) is 19.1. The number of carbonyl (C=O) groups is 2. The highest BCUT2D eigenvalue weighted by atomic mass is 32.2. The summed E-state index contributed by atoms with van der Waals surface area (Å²) in [5, 5.41) is 2.66. The van der Waals surface area contributed by atoms with Gasteiger partial charge in [-0.1, -0.05) is 6.42 Å². The Kier molecular flexibility index (Phi) is 7.63. The third-order valence-electron chi connectivity index (χ3n) is 5.57. The molecule has 0 aromatic heterocycles. The quantitative estimate of drug-likeness (QED) is 0.681. The number of amides is 2. The number of rotatable bonds is 7. The maximum atomic E-state index is 14.4. The van der Waals surface area contributed by atoms with Gasteiger partial charge in [-0.05, 0) is 69.2 Å². The molecule has 9 heteroatoms. The SMILES string of the molecule is CCN(CC)C(=O)c1ccc(NC(=O)c2ccc(F)c(S(=O)(=O)N3CCCCC3)c2)cc1. The first kappa shape index (κ1) is 23.9. The highest BCUT2D eigenvalue weighted by molar-refractivity contribution is 7.89. The van der Waals surface area contributed by atoms with Crippen molar-refractivity contribution in [2.75, 3.05) is 31.5 Å². The van der Waals surface area contributed by atoms with Gasteiger partial charge in [-0.3, -0.25) is 9.59 Å². The Morgan fingerprint density at radius 3 is 2.16 bits per heavy atom. The van der Waals surface area contributed by atoms with Gasteiger partial charge < -0.3 is 10.2 Å². The molecule has 0 bridgehead atoms. The maximum Gasteiger partial charge on any atom is 0.255 e.